The molecule has 6 heteroatoms. The second-order valence-corrected chi connectivity index (χ2v) is 5.15. The van der Waals surface area contributed by atoms with Crippen LogP contribution >= 0.6 is 15.9 Å². The highest BCUT2D eigenvalue weighted by Crippen LogP contribution is 2.34. The Hall–Kier alpha value is -1.17. The molecule has 1 aromatic heterocycles. The number of carbonyl (C=O) groups is 1. The van der Waals surface area contributed by atoms with Gasteiger partial charge in [0.1, 0.15) is 12.1 Å². The number of nitrogens with zero attached hydrogens (tertiary/aromatic N) is 3. The van der Waals surface area contributed by atoms with Crippen LogP contribution in [0.1, 0.15) is 13.3 Å². The van der Waals surface area contributed by atoms with Crippen molar-refractivity contribution < 1.29 is 4.79 Å². The number of hydrogen-bond acceptors (Lipinski definition) is 4. The third kappa shape index (κ3) is 1.89. The quantitative estimate of drug-likeness (QED) is 0.877. The van der Waals surface area contributed by atoms with E-state index in [0.29, 0.717) is 6.54 Å². The van der Waals surface area contributed by atoms with Crippen LogP contribution < -0.4 is 10.6 Å². The number of halogens is 1. The van der Waals surface area contributed by atoms with Gasteiger partial charge in [-0.15, -0.1) is 0 Å². The lowest BCUT2D eigenvalue weighted by Crippen LogP contribution is -2.37. The zero-order valence-electron chi connectivity index (χ0n) is 8.98. The minimum Gasteiger partial charge on any atom is -0.369 e. The Morgan fingerprint density at radius 2 is 2.44 bits per heavy atom. The van der Waals surface area contributed by atoms with Gasteiger partial charge >= 0.3 is 0 Å². The second kappa shape index (κ2) is 4.01. The fraction of sp³-hybridized carbons (Fsp3) is 0.500. The topological polar surface area (TPSA) is 72.1 Å². The van der Waals surface area contributed by atoms with Crippen molar-refractivity contribution >= 4 is 27.7 Å². The van der Waals surface area contributed by atoms with E-state index in [1.807, 2.05) is 6.92 Å². The number of amides is 1. The number of nitrogens with two attached hydrogens (primary N) is 1. The largest absolute Gasteiger partial charge is 0.369 e. The highest BCUT2D eigenvalue weighted by atomic mass is 79.9. The van der Waals surface area contributed by atoms with Crippen LogP contribution in [0.5, 0.6) is 0 Å². The van der Waals surface area contributed by atoms with Gasteiger partial charge in [0.15, 0.2) is 0 Å². The Balaban J connectivity index is 2.22. The van der Waals surface area contributed by atoms with Crippen molar-refractivity contribution in [3.05, 3.63) is 17.0 Å². The summed E-state index contributed by atoms with van der Waals surface area (Å²) in [6, 6.07) is 0. The lowest BCUT2D eigenvalue weighted by Gasteiger charge is -2.22. The zero-order chi connectivity index (χ0) is 11.8. The first-order chi connectivity index (χ1) is 7.53. The lowest BCUT2D eigenvalue weighted by molar-refractivity contribution is -0.125. The molecule has 0 saturated carbocycles. The first-order valence-corrected chi connectivity index (χ1v) is 5.82. The van der Waals surface area contributed by atoms with Crippen molar-refractivity contribution in [2.24, 2.45) is 11.1 Å². The van der Waals surface area contributed by atoms with Crippen LogP contribution in [0.25, 0.3) is 0 Å². The van der Waals surface area contributed by atoms with Crippen LogP contribution in [0.15, 0.2) is 17.0 Å². The van der Waals surface area contributed by atoms with Gasteiger partial charge < -0.3 is 10.6 Å². The zero-order valence-corrected chi connectivity index (χ0v) is 10.6. The van der Waals surface area contributed by atoms with Gasteiger partial charge in [0.2, 0.25) is 5.91 Å². The summed E-state index contributed by atoms with van der Waals surface area (Å²) >= 11 is 3.40. The molecule has 1 amide bonds. The summed E-state index contributed by atoms with van der Waals surface area (Å²) in [5.41, 5.74) is 4.95. The standard InChI is InChI=1S/C10H13BrN4O/c1-10(9(12)16)2-3-15(5-10)8-7(11)4-13-6-14-8/h4,6H,2-3,5H2,1H3,(H2,12,16). The summed E-state index contributed by atoms with van der Waals surface area (Å²) in [5, 5.41) is 0. The van der Waals surface area contributed by atoms with Crippen LogP contribution in [0.2, 0.25) is 0 Å². The molecule has 2 N–H and O–H groups in total. The first-order valence-electron chi connectivity index (χ1n) is 5.03. The van der Waals surface area contributed by atoms with E-state index in [4.69, 9.17) is 5.73 Å². The molecule has 0 aromatic carbocycles. The Morgan fingerprint density at radius 3 is 3.00 bits per heavy atom. The van der Waals surface area contributed by atoms with E-state index in [-0.39, 0.29) is 5.91 Å². The maximum Gasteiger partial charge on any atom is 0.225 e. The summed E-state index contributed by atoms with van der Waals surface area (Å²) in [6.45, 7) is 3.29. The average Bonchev–Trinajstić information content (AvgIpc) is 2.63. The molecule has 0 spiro atoms. The van der Waals surface area contributed by atoms with Crippen molar-refractivity contribution in [2.75, 3.05) is 18.0 Å². The molecular formula is C10H13BrN4O. The molecule has 86 valence electrons. The molecule has 16 heavy (non-hydrogen) atoms. The average molecular weight is 285 g/mol. The molecule has 1 aliphatic rings. The van der Waals surface area contributed by atoms with Gasteiger partial charge in [-0.1, -0.05) is 0 Å². The van der Waals surface area contributed by atoms with E-state index < -0.39 is 5.41 Å². The van der Waals surface area contributed by atoms with Crippen molar-refractivity contribution in [3.8, 4) is 0 Å². The molecule has 1 atom stereocenters. The molecule has 1 saturated heterocycles. The van der Waals surface area contributed by atoms with Crippen LogP contribution in [0, 0.1) is 5.41 Å². The van der Waals surface area contributed by atoms with E-state index in [9.17, 15) is 4.79 Å². The van der Waals surface area contributed by atoms with Gasteiger partial charge in [-0.3, -0.25) is 4.79 Å². The summed E-state index contributed by atoms with van der Waals surface area (Å²) in [7, 11) is 0. The Labute approximate surface area is 102 Å². The van der Waals surface area contributed by atoms with E-state index >= 15 is 0 Å². The van der Waals surface area contributed by atoms with Crippen LogP contribution in [0.3, 0.4) is 0 Å². The summed E-state index contributed by atoms with van der Waals surface area (Å²) < 4.78 is 0.837. The summed E-state index contributed by atoms with van der Waals surface area (Å²) in [4.78, 5) is 21.5. The number of anilines is 1. The molecule has 0 bridgehead atoms. The molecule has 2 rings (SSSR count). The monoisotopic (exact) mass is 284 g/mol. The molecule has 1 aliphatic heterocycles. The minimum absolute atomic E-state index is 0.250. The maximum absolute atomic E-state index is 11.3. The Kier molecular flexibility index (Phi) is 2.84. The molecule has 1 unspecified atom stereocenters. The van der Waals surface area contributed by atoms with Crippen molar-refractivity contribution in [2.45, 2.75) is 13.3 Å². The van der Waals surface area contributed by atoms with Gasteiger partial charge in [-0.25, -0.2) is 9.97 Å². The molecule has 0 aliphatic carbocycles. The van der Waals surface area contributed by atoms with Crippen LogP contribution in [-0.4, -0.2) is 29.0 Å². The number of rotatable bonds is 2. The van der Waals surface area contributed by atoms with E-state index in [1.165, 1.54) is 6.33 Å². The van der Waals surface area contributed by atoms with Gasteiger partial charge in [-0.05, 0) is 29.3 Å². The highest BCUT2D eigenvalue weighted by molar-refractivity contribution is 9.10. The van der Waals surface area contributed by atoms with Crippen molar-refractivity contribution in [1.82, 2.24) is 9.97 Å². The molecule has 1 aromatic rings. The van der Waals surface area contributed by atoms with Crippen LogP contribution in [-0.2, 0) is 4.79 Å². The SMILES string of the molecule is CC1(C(N)=O)CCN(c2ncncc2Br)C1. The van der Waals surface area contributed by atoms with E-state index in [2.05, 4.69) is 30.8 Å². The summed E-state index contributed by atoms with van der Waals surface area (Å²) in [5.74, 6) is 0.570. The third-order valence-corrected chi connectivity index (χ3v) is 3.58. The van der Waals surface area contributed by atoms with Gasteiger partial charge in [0, 0.05) is 19.3 Å². The Morgan fingerprint density at radius 1 is 1.69 bits per heavy atom. The molecule has 5 nitrogen and oxygen atoms in total. The predicted molar refractivity (Wildman–Crippen MR) is 63.9 cm³/mol. The maximum atomic E-state index is 11.3. The molecular weight excluding hydrogens is 272 g/mol. The van der Waals surface area contributed by atoms with Gasteiger partial charge in [-0.2, -0.15) is 0 Å². The molecule has 2 heterocycles. The predicted octanol–water partition coefficient (Wildman–Crippen LogP) is 0.941. The van der Waals surface area contributed by atoms with Gasteiger partial charge in [0.05, 0.1) is 9.89 Å². The number of primary amides is 1. The normalized spacial score (nSPS) is 24.8. The molecule has 0 radical (unpaired) electrons. The van der Waals surface area contributed by atoms with Crippen molar-refractivity contribution in [3.63, 3.8) is 0 Å². The Bertz CT molecular complexity index is 425. The first kappa shape index (κ1) is 11.3. The number of carbonyl (C=O) groups excluding carboxylic acids is 1. The van der Waals surface area contributed by atoms with Crippen LogP contribution in [0.4, 0.5) is 5.82 Å². The third-order valence-electron chi connectivity index (χ3n) is 3.02. The smallest absolute Gasteiger partial charge is 0.225 e. The minimum atomic E-state index is -0.454. The highest BCUT2D eigenvalue weighted by Gasteiger charge is 2.39. The van der Waals surface area contributed by atoms with E-state index in [1.54, 1.807) is 6.20 Å². The van der Waals surface area contributed by atoms with Gasteiger partial charge in [0.25, 0.3) is 0 Å². The second-order valence-electron chi connectivity index (χ2n) is 4.29. The fourth-order valence-corrected chi connectivity index (χ4v) is 2.35. The van der Waals surface area contributed by atoms with Crippen molar-refractivity contribution in [1.29, 1.82) is 0 Å². The molecule has 1 fully saturated rings. The number of hydrogen-bond donors (Lipinski definition) is 1. The fourth-order valence-electron chi connectivity index (χ4n) is 1.88. The lowest BCUT2D eigenvalue weighted by atomic mass is 9.89. The summed E-state index contributed by atoms with van der Waals surface area (Å²) in [6.07, 6.45) is 3.96. The number of aromatic nitrogens is 2. The van der Waals surface area contributed by atoms with E-state index in [0.717, 1.165) is 23.3 Å².